The molecule has 0 saturated carbocycles. The molecule has 2 rings (SSSR count). The molecular formula is C16H17ClO4. The van der Waals surface area contributed by atoms with Crippen molar-refractivity contribution >= 4 is 17.6 Å². The van der Waals surface area contributed by atoms with E-state index in [1.807, 2.05) is 0 Å². The number of esters is 1. The van der Waals surface area contributed by atoms with Crippen molar-refractivity contribution in [1.29, 1.82) is 0 Å². The van der Waals surface area contributed by atoms with E-state index in [1.165, 1.54) is 6.92 Å². The maximum absolute atomic E-state index is 11.3. The van der Waals surface area contributed by atoms with Gasteiger partial charge in [0.05, 0.1) is 6.61 Å². The second-order valence-electron chi connectivity index (χ2n) is 4.84. The highest BCUT2D eigenvalue weighted by atomic mass is 35.5. The van der Waals surface area contributed by atoms with Gasteiger partial charge in [-0.3, -0.25) is 4.79 Å². The number of hydrogen-bond acceptors (Lipinski definition) is 4. The molecule has 112 valence electrons. The van der Waals surface area contributed by atoms with E-state index in [2.05, 4.69) is 23.7 Å². The van der Waals surface area contributed by atoms with Gasteiger partial charge in [-0.1, -0.05) is 11.8 Å². The first-order valence-electron chi connectivity index (χ1n) is 6.85. The Morgan fingerprint density at radius 3 is 2.90 bits per heavy atom. The third-order valence-electron chi connectivity index (χ3n) is 3.29. The van der Waals surface area contributed by atoms with E-state index in [0.29, 0.717) is 18.8 Å². The Balaban J connectivity index is 2.25. The number of allylic oxidation sites excluding steroid dienone is 1. The topological polar surface area (TPSA) is 44.8 Å². The van der Waals surface area contributed by atoms with Crippen LogP contribution in [0.5, 0.6) is 0 Å². The predicted octanol–water partition coefficient (Wildman–Crippen LogP) is 2.36. The van der Waals surface area contributed by atoms with Gasteiger partial charge in [-0.05, 0) is 31.6 Å². The van der Waals surface area contributed by atoms with E-state index in [0.717, 1.165) is 12.8 Å². The third-order valence-corrected chi connectivity index (χ3v) is 3.74. The van der Waals surface area contributed by atoms with Crippen LogP contribution in [0.3, 0.4) is 0 Å². The number of carbonyl (C=O) groups is 1. The van der Waals surface area contributed by atoms with Crippen molar-refractivity contribution < 1.29 is 19.0 Å². The van der Waals surface area contributed by atoms with Gasteiger partial charge in [0.25, 0.3) is 0 Å². The van der Waals surface area contributed by atoms with Crippen LogP contribution in [0, 0.1) is 23.7 Å². The molecule has 4 nitrogen and oxygen atoms in total. The second-order valence-corrected chi connectivity index (χ2v) is 5.31. The van der Waals surface area contributed by atoms with Crippen LogP contribution in [0.25, 0.3) is 0 Å². The van der Waals surface area contributed by atoms with Crippen LogP contribution in [0.4, 0.5) is 0 Å². The number of rotatable bonds is 1. The van der Waals surface area contributed by atoms with Gasteiger partial charge in [0.15, 0.2) is 6.10 Å². The van der Waals surface area contributed by atoms with Crippen LogP contribution >= 0.6 is 11.6 Å². The van der Waals surface area contributed by atoms with Crippen molar-refractivity contribution in [1.82, 2.24) is 0 Å². The summed E-state index contributed by atoms with van der Waals surface area (Å²) in [6, 6.07) is 0. The van der Waals surface area contributed by atoms with Crippen molar-refractivity contribution in [3.8, 4) is 23.7 Å². The fourth-order valence-corrected chi connectivity index (χ4v) is 2.78. The second kappa shape index (κ2) is 6.89. The number of halogens is 1. The summed E-state index contributed by atoms with van der Waals surface area (Å²) in [5.41, 5.74) is 0. The number of hydrogen-bond donors (Lipinski definition) is 0. The Hall–Kier alpha value is -1.62. The largest absolute Gasteiger partial charge is 0.460 e. The summed E-state index contributed by atoms with van der Waals surface area (Å²) < 4.78 is 17.0. The van der Waals surface area contributed by atoms with Crippen LogP contribution in [-0.4, -0.2) is 29.8 Å². The fraction of sp³-hybridized carbons (Fsp3) is 0.562. The molecule has 21 heavy (non-hydrogen) atoms. The van der Waals surface area contributed by atoms with Crippen molar-refractivity contribution in [3.05, 3.63) is 11.8 Å². The third kappa shape index (κ3) is 3.53. The summed E-state index contributed by atoms with van der Waals surface area (Å²) in [7, 11) is 0. The summed E-state index contributed by atoms with van der Waals surface area (Å²) in [5.74, 6) is 9.78. The Kier molecular flexibility index (Phi) is 5.17. The average Bonchev–Trinajstić information content (AvgIpc) is 2.70. The van der Waals surface area contributed by atoms with E-state index in [1.54, 1.807) is 13.0 Å². The van der Waals surface area contributed by atoms with Crippen molar-refractivity contribution in [2.75, 3.05) is 6.61 Å². The molecule has 0 aliphatic carbocycles. The first-order valence-corrected chi connectivity index (χ1v) is 7.29. The Morgan fingerprint density at radius 2 is 2.29 bits per heavy atom. The minimum atomic E-state index is -0.986. The van der Waals surface area contributed by atoms with E-state index >= 15 is 0 Å². The van der Waals surface area contributed by atoms with Crippen LogP contribution in [0.1, 0.15) is 33.1 Å². The minimum Gasteiger partial charge on any atom is -0.460 e. The van der Waals surface area contributed by atoms with E-state index in [-0.39, 0.29) is 0 Å². The standard InChI is InChI=1S/C16H17ClO4/c1-3-4-5-6-9-13-14(17)15(20-12(2)18)16(21-13)10-7-8-11-19-16/h9,14-15H,7-8,10-11H2,1-2H3/b13-9+/t14-,15+,16-/m1/s1. The Labute approximate surface area is 129 Å². The SMILES string of the molecule is CC#CC#C/C=C1/O[C@]2(CCCCO2)[C@@H](OC(C)=O)[C@@H]1Cl. The highest BCUT2D eigenvalue weighted by Crippen LogP contribution is 2.44. The number of alkyl halides is 1. The van der Waals surface area contributed by atoms with E-state index < -0.39 is 23.2 Å². The molecule has 3 atom stereocenters. The Morgan fingerprint density at radius 1 is 1.48 bits per heavy atom. The molecule has 1 spiro atoms. The molecule has 2 fully saturated rings. The van der Waals surface area contributed by atoms with Gasteiger partial charge in [0.2, 0.25) is 5.79 Å². The van der Waals surface area contributed by atoms with Gasteiger partial charge in [0.1, 0.15) is 11.1 Å². The normalized spacial score (nSPS) is 32.6. The van der Waals surface area contributed by atoms with E-state index in [9.17, 15) is 4.79 Å². The molecule has 0 bridgehead atoms. The first-order chi connectivity index (χ1) is 10.1. The smallest absolute Gasteiger partial charge is 0.303 e. The average molecular weight is 309 g/mol. The zero-order valence-electron chi connectivity index (χ0n) is 12.1. The molecule has 0 aromatic heterocycles. The molecule has 0 unspecified atom stereocenters. The summed E-state index contributed by atoms with van der Waals surface area (Å²) in [6.07, 6.45) is 3.42. The summed E-state index contributed by atoms with van der Waals surface area (Å²) in [4.78, 5) is 11.3. The molecule has 0 amide bonds. The monoisotopic (exact) mass is 308 g/mol. The lowest BCUT2D eigenvalue weighted by atomic mass is 9.99. The molecule has 0 aromatic carbocycles. The van der Waals surface area contributed by atoms with Crippen molar-refractivity contribution in [3.63, 3.8) is 0 Å². The van der Waals surface area contributed by atoms with Gasteiger partial charge >= 0.3 is 5.97 Å². The zero-order valence-corrected chi connectivity index (χ0v) is 12.8. The molecule has 0 aromatic rings. The zero-order chi connectivity index (χ0) is 15.3. The first kappa shape index (κ1) is 15.8. The highest BCUT2D eigenvalue weighted by molar-refractivity contribution is 6.23. The molecule has 0 N–H and O–H groups in total. The molecule has 2 heterocycles. The van der Waals surface area contributed by atoms with Gasteiger partial charge in [-0.25, -0.2) is 0 Å². The summed E-state index contributed by atoms with van der Waals surface area (Å²) in [6.45, 7) is 3.61. The number of ether oxygens (including phenoxy) is 3. The molecule has 2 aliphatic heterocycles. The lowest BCUT2D eigenvalue weighted by Crippen LogP contribution is -2.48. The predicted molar refractivity (Wildman–Crippen MR) is 78.1 cm³/mol. The molecule has 2 aliphatic rings. The lowest BCUT2D eigenvalue weighted by molar-refractivity contribution is -0.258. The molecule has 5 heteroatoms. The van der Waals surface area contributed by atoms with Crippen LogP contribution in [0.15, 0.2) is 11.8 Å². The maximum Gasteiger partial charge on any atom is 0.303 e. The van der Waals surface area contributed by atoms with Crippen LogP contribution in [0.2, 0.25) is 0 Å². The van der Waals surface area contributed by atoms with Crippen LogP contribution in [-0.2, 0) is 19.0 Å². The molecule has 2 saturated heterocycles. The minimum absolute atomic E-state index is 0.410. The van der Waals surface area contributed by atoms with Gasteiger partial charge in [-0.2, -0.15) is 0 Å². The fourth-order valence-electron chi connectivity index (χ4n) is 2.42. The van der Waals surface area contributed by atoms with E-state index in [4.69, 9.17) is 25.8 Å². The summed E-state index contributed by atoms with van der Waals surface area (Å²) >= 11 is 6.37. The van der Waals surface area contributed by atoms with Gasteiger partial charge in [0, 0.05) is 19.4 Å². The Bertz CT molecular complexity index is 552. The highest BCUT2D eigenvalue weighted by Gasteiger charge is 2.57. The molecular weight excluding hydrogens is 292 g/mol. The lowest BCUT2D eigenvalue weighted by Gasteiger charge is -2.36. The summed E-state index contributed by atoms with van der Waals surface area (Å²) in [5, 5.41) is -0.615. The van der Waals surface area contributed by atoms with Crippen molar-refractivity contribution in [2.45, 2.75) is 50.4 Å². The van der Waals surface area contributed by atoms with Gasteiger partial charge < -0.3 is 14.2 Å². The van der Waals surface area contributed by atoms with Crippen LogP contribution < -0.4 is 0 Å². The number of carbonyl (C=O) groups excluding carboxylic acids is 1. The maximum atomic E-state index is 11.3. The van der Waals surface area contributed by atoms with Crippen molar-refractivity contribution in [2.24, 2.45) is 0 Å². The van der Waals surface area contributed by atoms with Gasteiger partial charge in [-0.15, -0.1) is 11.6 Å². The quantitative estimate of drug-likeness (QED) is 0.424. The molecule has 0 radical (unpaired) electrons.